The predicted molar refractivity (Wildman–Crippen MR) is 70.0 cm³/mol. The molecule has 0 aliphatic heterocycles. The number of hydrogen-bond acceptors (Lipinski definition) is 3. The molecule has 0 aliphatic carbocycles. The van der Waals surface area contributed by atoms with Crippen molar-refractivity contribution in [1.29, 1.82) is 0 Å². The van der Waals surface area contributed by atoms with Gasteiger partial charge in [-0.2, -0.15) is 5.10 Å². The minimum atomic E-state index is 0.538. The fourth-order valence-corrected chi connectivity index (χ4v) is 2.02. The molecular formula is C13H10ClN3O. The van der Waals surface area contributed by atoms with Gasteiger partial charge in [-0.25, -0.2) is 9.50 Å². The minimum Gasteiger partial charge on any atom is -0.497 e. The number of aromatic nitrogens is 3. The molecule has 0 radical (unpaired) electrons. The lowest BCUT2D eigenvalue weighted by molar-refractivity contribution is 0.415. The molecule has 0 fully saturated rings. The number of halogens is 1. The smallest absolute Gasteiger partial charge is 0.157 e. The van der Waals surface area contributed by atoms with Crippen LogP contribution >= 0.6 is 11.6 Å². The van der Waals surface area contributed by atoms with Crippen LogP contribution in [0, 0.1) is 0 Å². The molecule has 1 aromatic carbocycles. The third kappa shape index (κ3) is 1.80. The Balaban J connectivity index is 2.12. The lowest BCUT2D eigenvalue weighted by Crippen LogP contribution is -1.94. The molecule has 5 heteroatoms. The van der Waals surface area contributed by atoms with E-state index in [4.69, 9.17) is 16.3 Å². The molecule has 2 aromatic heterocycles. The quantitative estimate of drug-likeness (QED) is 0.664. The molecule has 18 heavy (non-hydrogen) atoms. The maximum atomic E-state index is 6.15. The van der Waals surface area contributed by atoms with E-state index in [-0.39, 0.29) is 0 Å². The van der Waals surface area contributed by atoms with Crippen LogP contribution in [0.25, 0.3) is 16.9 Å². The highest BCUT2D eigenvalue weighted by Gasteiger charge is 2.06. The van der Waals surface area contributed by atoms with Crippen molar-refractivity contribution >= 4 is 17.2 Å². The number of hydrogen-bond donors (Lipinski definition) is 0. The number of nitrogens with zero attached hydrogens (tertiary/aromatic N) is 3. The number of ether oxygens (including phenoxy) is 1. The molecule has 2 heterocycles. The number of fused-ring (bicyclic) bond motifs is 1. The van der Waals surface area contributed by atoms with Crippen molar-refractivity contribution in [2.75, 3.05) is 7.11 Å². The zero-order valence-corrected chi connectivity index (χ0v) is 10.4. The van der Waals surface area contributed by atoms with Crippen molar-refractivity contribution in [2.45, 2.75) is 0 Å². The first-order valence-corrected chi connectivity index (χ1v) is 5.80. The molecule has 3 rings (SSSR count). The van der Waals surface area contributed by atoms with E-state index in [0.29, 0.717) is 5.15 Å². The van der Waals surface area contributed by atoms with Crippen LogP contribution in [0.5, 0.6) is 5.75 Å². The van der Waals surface area contributed by atoms with E-state index in [0.717, 1.165) is 22.7 Å². The van der Waals surface area contributed by atoms with E-state index in [1.807, 2.05) is 30.3 Å². The lowest BCUT2D eigenvalue weighted by atomic mass is 10.1. The van der Waals surface area contributed by atoms with Crippen LogP contribution in [-0.2, 0) is 0 Å². The zero-order valence-electron chi connectivity index (χ0n) is 9.67. The zero-order chi connectivity index (χ0) is 12.5. The van der Waals surface area contributed by atoms with E-state index in [1.165, 1.54) is 0 Å². The molecule has 0 unspecified atom stereocenters. The average molecular weight is 260 g/mol. The molecule has 3 aromatic rings. The van der Waals surface area contributed by atoms with Gasteiger partial charge in [0.05, 0.1) is 19.0 Å². The minimum absolute atomic E-state index is 0.538. The van der Waals surface area contributed by atoms with Gasteiger partial charge in [-0.05, 0) is 24.3 Å². The number of benzene rings is 1. The number of rotatable bonds is 2. The Hall–Kier alpha value is -2.07. The highest BCUT2D eigenvalue weighted by molar-refractivity contribution is 6.30. The summed E-state index contributed by atoms with van der Waals surface area (Å²) in [6.07, 6.45) is 1.67. The summed E-state index contributed by atoms with van der Waals surface area (Å²) in [5, 5.41) is 4.62. The molecule has 4 nitrogen and oxygen atoms in total. The summed E-state index contributed by atoms with van der Waals surface area (Å²) in [4.78, 5) is 4.50. The molecule has 0 aliphatic rings. The van der Waals surface area contributed by atoms with E-state index >= 15 is 0 Å². The third-order valence-electron chi connectivity index (χ3n) is 2.70. The van der Waals surface area contributed by atoms with Crippen LogP contribution in [0.1, 0.15) is 0 Å². The predicted octanol–water partition coefficient (Wildman–Crippen LogP) is 3.06. The van der Waals surface area contributed by atoms with E-state index in [9.17, 15) is 0 Å². The largest absolute Gasteiger partial charge is 0.497 e. The molecule has 90 valence electrons. The summed E-state index contributed by atoms with van der Waals surface area (Å²) in [6, 6.07) is 11.3. The molecular weight excluding hydrogens is 250 g/mol. The van der Waals surface area contributed by atoms with Crippen molar-refractivity contribution in [2.24, 2.45) is 0 Å². The van der Waals surface area contributed by atoms with Gasteiger partial charge >= 0.3 is 0 Å². The summed E-state index contributed by atoms with van der Waals surface area (Å²) in [5.41, 5.74) is 2.53. The second-order valence-corrected chi connectivity index (χ2v) is 4.18. The summed E-state index contributed by atoms with van der Waals surface area (Å²) >= 11 is 6.15. The van der Waals surface area contributed by atoms with Crippen LogP contribution in [-0.4, -0.2) is 21.7 Å². The molecule has 0 saturated carbocycles. The van der Waals surface area contributed by atoms with Crippen LogP contribution in [0.2, 0.25) is 5.15 Å². The maximum absolute atomic E-state index is 6.15. The van der Waals surface area contributed by atoms with Crippen LogP contribution in [0.4, 0.5) is 0 Å². The van der Waals surface area contributed by atoms with Crippen molar-refractivity contribution in [1.82, 2.24) is 14.6 Å². The summed E-state index contributed by atoms with van der Waals surface area (Å²) < 4.78 is 6.72. The van der Waals surface area contributed by atoms with Crippen LogP contribution < -0.4 is 4.74 Å². The van der Waals surface area contributed by atoms with E-state index in [1.54, 1.807) is 23.9 Å². The summed E-state index contributed by atoms with van der Waals surface area (Å²) in [6.45, 7) is 0. The first kappa shape index (κ1) is 11.0. The topological polar surface area (TPSA) is 39.4 Å². The highest BCUT2D eigenvalue weighted by Crippen LogP contribution is 2.23. The Morgan fingerprint density at radius 2 is 1.94 bits per heavy atom. The second-order valence-electron chi connectivity index (χ2n) is 3.79. The summed E-state index contributed by atoms with van der Waals surface area (Å²) in [5.74, 6) is 0.815. The molecule has 0 saturated heterocycles. The van der Waals surface area contributed by atoms with E-state index in [2.05, 4.69) is 10.1 Å². The van der Waals surface area contributed by atoms with Gasteiger partial charge in [-0.15, -0.1) is 0 Å². The molecule has 0 spiro atoms. The van der Waals surface area contributed by atoms with Crippen LogP contribution in [0.15, 0.2) is 42.6 Å². The monoisotopic (exact) mass is 259 g/mol. The Kier molecular flexibility index (Phi) is 2.64. The van der Waals surface area contributed by atoms with Crippen molar-refractivity contribution in [3.8, 4) is 17.0 Å². The van der Waals surface area contributed by atoms with Crippen LogP contribution in [0.3, 0.4) is 0 Å². The number of methoxy groups -OCH3 is 1. The Bertz CT molecular complexity index is 691. The molecule has 0 amide bonds. The highest BCUT2D eigenvalue weighted by atomic mass is 35.5. The van der Waals surface area contributed by atoms with Crippen molar-refractivity contribution in [3.05, 3.63) is 47.7 Å². The summed E-state index contributed by atoms with van der Waals surface area (Å²) in [7, 11) is 1.64. The second kappa shape index (κ2) is 4.31. The first-order chi connectivity index (χ1) is 8.78. The Labute approximate surface area is 109 Å². The van der Waals surface area contributed by atoms with Gasteiger partial charge in [-0.1, -0.05) is 11.6 Å². The molecule has 0 N–H and O–H groups in total. The maximum Gasteiger partial charge on any atom is 0.157 e. The van der Waals surface area contributed by atoms with Gasteiger partial charge in [0, 0.05) is 17.7 Å². The Morgan fingerprint density at radius 1 is 1.17 bits per heavy atom. The van der Waals surface area contributed by atoms with Gasteiger partial charge in [0.15, 0.2) is 5.65 Å². The van der Waals surface area contributed by atoms with Crippen molar-refractivity contribution in [3.63, 3.8) is 0 Å². The normalized spacial score (nSPS) is 10.8. The molecule has 0 bridgehead atoms. The Morgan fingerprint density at radius 3 is 2.67 bits per heavy atom. The first-order valence-electron chi connectivity index (χ1n) is 5.42. The van der Waals surface area contributed by atoms with Gasteiger partial charge in [0.25, 0.3) is 0 Å². The SMILES string of the molecule is COc1ccc(-c2cc(Cl)n3nccc3n2)cc1. The third-order valence-corrected chi connectivity index (χ3v) is 2.97. The lowest BCUT2D eigenvalue weighted by Gasteiger charge is -2.05. The van der Waals surface area contributed by atoms with Gasteiger partial charge < -0.3 is 4.74 Å². The standard InChI is InChI=1S/C13H10ClN3O/c1-18-10-4-2-9(3-5-10)11-8-12(14)17-13(16-11)6-7-15-17/h2-8H,1H3. The fourth-order valence-electron chi connectivity index (χ4n) is 1.78. The van der Waals surface area contributed by atoms with Crippen molar-refractivity contribution < 1.29 is 4.74 Å². The average Bonchev–Trinajstić information content (AvgIpc) is 2.88. The van der Waals surface area contributed by atoms with Gasteiger partial charge in [-0.3, -0.25) is 0 Å². The molecule has 0 atom stereocenters. The van der Waals surface area contributed by atoms with Gasteiger partial charge in [0.2, 0.25) is 0 Å². The van der Waals surface area contributed by atoms with Gasteiger partial charge in [0.1, 0.15) is 10.9 Å². The van der Waals surface area contributed by atoms with E-state index < -0.39 is 0 Å². The fraction of sp³-hybridized carbons (Fsp3) is 0.0769.